The van der Waals surface area contributed by atoms with Gasteiger partial charge < -0.3 is 5.11 Å². The third-order valence-corrected chi connectivity index (χ3v) is 3.47. The molecule has 0 aliphatic carbocycles. The van der Waals surface area contributed by atoms with E-state index >= 15 is 0 Å². The average Bonchev–Trinajstić information content (AvgIpc) is 2.83. The van der Waals surface area contributed by atoms with Crippen molar-refractivity contribution in [1.82, 2.24) is 20.4 Å². The van der Waals surface area contributed by atoms with Crippen LogP contribution in [0.15, 0.2) is 28.9 Å². The predicted octanol–water partition coefficient (Wildman–Crippen LogP) is 2.55. The average molecular weight is 323 g/mol. The Hall–Kier alpha value is -2.02. The second kappa shape index (κ2) is 4.58. The maximum Gasteiger partial charge on any atom is 0.178 e. The normalized spacial score (nSPS) is 11.1. The third-order valence-electron chi connectivity index (χ3n) is 2.83. The molecule has 19 heavy (non-hydrogen) atoms. The van der Waals surface area contributed by atoms with E-state index in [0.29, 0.717) is 21.4 Å². The first-order valence-electron chi connectivity index (χ1n) is 5.47. The quantitative estimate of drug-likeness (QED) is 0.760. The highest BCUT2D eigenvalue weighted by molar-refractivity contribution is 9.10. The molecule has 0 saturated carbocycles. The maximum absolute atomic E-state index is 13.9. The van der Waals surface area contributed by atoms with E-state index in [4.69, 9.17) is 0 Å². The lowest BCUT2D eigenvalue weighted by atomic mass is 10.1. The predicted molar refractivity (Wildman–Crippen MR) is 70.3 cm³/mol. The molecule has 7 heteroatoms. The Balaban J connectivity index is 2.04. The van der Waals surface area contributed by atoms with Crippen molar-refractivity contribution in [2.24, 2.45) is 0 Å². The highest BCUT2D eigenvalue weighted by atomic mass is 79.9. The van der Waals surface area contributed by atoms with Crippen molar-refractivity contribution in [1.29, 1.82) is 0 Å². The number of halogens is 2. The van der Waals surface area contributed by atoms with E-state index in [1.807, 2.05) is 0 Å². The highest BCUT2D eigenvalue weighted by Gasteiger charge is 2.14. The molecule has 0 bridgehead atoms. The van der Waals surface area contributed by atoms with Gasteiger partial charge in [-0.2, -0.15) is 10.2 Å². The van der Waals surface area contributed by atoms with Crippen molar-refractivity contribution in [3.05, 3.63) is 45.9 Å². The fraction of sp³-hybridized carbons (Fsp3) is 0.0833. The fourth-order valence-corrected chi connectivity index (χ4v) is 2.17. The Morgan fingerprint density at radius 1 is 1.32 bits per heavy atom. The summed E-state index contributed by atoms with van der Waals surface area (Å²) in [6.07, 6.45) is 1.81. The van der Waals surface area contributed by atoms with Gasteiger partial charge in [-0.1, -0.05) is 6.07 Å². The van der Waals surface area contributed by atoms with Gasteiger partial charge in [-0.3, -0.25) is 5.10 Å². The Kier molecular flexibility index (Phi) is 2.90. The Morgan fingerprint density at radius 3 is 3.00 bits per heavy atom. The number of rotatable bonds is 2. The molecule has 2 aromatic heterocycles. The molecule has 1 aromatic carbocycles. The maximum atomic E-state index is 13.9. The first kappa shape index (κ1) is 12.0. The molecule has 96 valence electrons. The minimum Gasteiger partial charge on any atom is -0.504 e. The molecule has 2 N–H and O–H groups in total. The monoisotopic (exact) mass is 322 g/mol. The molecular weight excluding hydrogens is 315 g/mol. The van der Waals surface area contributed by atoms with Crippen molar-refractivity contribution >= 4 is 27.0 Å². The van der Waals surface area contributed by atoms with Crippen LogP contribution in [0.25, 0.3) is 11.0 Å². The lowest BCUT2D eigenvalue weighted by Gasteiger charge is -2.05. The Bertz CT molecular complexity index is 759. The number of aromatic nitrogens is 4. The van der Waals surface area contributed by atoms with Crippen LogP contribution in [0.5, 0.6) is 5.75 Å². The first-order chi connectivity index (χ1) is 9.16. The second-order valence-electron chi connectivity index (χ2n) is 4.01. The molecule has 0 atom stereocenters. The van der Waals surface area contributed by atoms with Crippen LogP contribution < -0.4 is 0 Å². The van der Waals surface area contributed by atoms with Gasteiger partial charge >= 0.3 is 0 Å². The highest BCUT2D eigenvalue weighted by Crippen LogP contribution is 2.30. The number of nitrogens with zero attached hydrogens (tertiary/aromatic N) is 3. The van der Waals surface area contributed by atoms with Gasteiger partial charge in [0.15, 0.2) is 17.2 Å². The second-order valence-corrected chi connectivity index (χ2v) is 4.86. The molecule has 3 aromatic rings. The van der Waals surface area contributed by atoms with E-state index in [-0.39, 0.29) is 6.42 Å². The van der Waals surface area contributed by atoms with Crippen LogP contribution >= 0.6 is 15.9 Å². The van der Waals surface area contributed by atoms with E-state index in [1.165, 1.54) is 0 Å². The minimum absolute atomic E-state index is 0.262. The summed E-state index contributed by atoms with van der Waals surface area (Å²) in [6, 6.07) is 4.97. The van der Waals surface area contributed by atoms with E-state index in [1.54, 1.807) is 24.4 Å². The topological polar surface area (TPSA) is 74.7 Å². The van der Waals surface area contributed by atoms with Gasteiger partial charge in [0.2, 0.25) is 0 Å². The summed E-state index contributed by atoms with van der Waals surface area (Å²) >= 11 is 3.07. The summed E-state index contributed by atoms with van der Waals surface area (Å²) in [5.41, 5.74) is 1.58. The van der Waals surface area contributed by atoms with Gasteiger partial charge in [-0.15, -0.1) is 5.10 Å². The van der Waals surface area contributed by atoms with Crippen LogP contribution in [0, 0.1) is 5.82 Å². The number of aromatic hydroxyl groups is 1. The van der Waals surface area contributed by atoms with Crippen LogP contribution in [0.1, 0.15) is 11.3 Å². The number of nitrogens with one attached hydrogen (secondary N) is 1. The summed E-state index contributed by atoms with van der Waals surface area (Å²) < 4.78 is 14.2. The zero-order chi connectivity index (χ0) is 13.4. The van der Waals surface area contributed by atoms with E-state index in [2.05, 4.69) is 36.3 Å². The lowest BCUT2D eigenvalue weighted by molar-refractivity contribution is 0.426. The molecule has 0 spiro atoms. The van der Waals surface area contributed by atoms with Gasteiger partial charge in [0.1, 0.15) is 0 Å². The van der Waals surface area contributed by atoms with Crippen molar-refractivity contribution in [2.45, 2.75) is 6.42 Å². The molecule has 0 aliphatic rings. The number of benzene rings is 1. The summed E-state index contributed by atoms with van der Waals surface area (Å²) in [5.74, 6) is -1.04. The molecular formula is C12H8BrFN4O. The van der Waals surface area contributed by atoms with Crippen molar-refractivity contribution < 1.29 is 9.50 Å². The number of aromatic amines is 1. The molecule has 2 heterocycles. The molecule has 5 nitrogen and oxygen atoms in total. The number of hydrogen-bond acceptors (Lipinski definition) is 4. The molecule has 0 saturated heterocycles. The first-order valence-corrected chi connectivity index (χ1v) is 6.26. The summed E-state index contributed by atoms with van der Waals surface area (Å²) in [4.78, 5) is 0. The molecule has 3 rings (SSSR count). The number of H-pyrrole nitrogens is 1. The standard InChI is InChI=1S/C12H8BrFN4O/c13-8-2-1-6(10(14)11(8)19)5-9-7-3-4-15-17-12(7)18-16-9/h1-4,19H,5H2,(H,16,17,18). The number of phenols is 1. The molecule has 0 radical (unpaired) electrons. The van der Waals surface area contributed by atoms with E-state index in [0.717, 1.165) is 5.39 Å². The zero-order valence-electron chi connectivity index (χ0n) is 9.56. The Morgan fingerprint density at radius 2 is 2.16 bits per heavy atom. The molecule has 0 unspecified atom stereocenters. The minimum atomic E-state index is -0.646. The van der Waals surface area contributed by atoms with Crippen LogP contribution in [0.3, 0.4) is 0 Å². The van der Waals surface area contributed by atoms with Gasteiger partial charge in [0.25, 0.3) is 0 Å². The van der Waals surface area contributed by atoms with E-state index < -0.39 is 11.6 Å². The van der Waals surface area contributed by atoms with Crippen LogP contribution in [-0.2, 0) is 6.42 Å². The van der Waals surface area contributed by atoms with Crippen LogP contribution in [0.4, 0.5) is 4.39 Å². The van der Waals surface area contributed by atoms with Crippen LogP contribution in [0.2, 0.25) is 0 Å². The number of fused-ring (bicyclic) bond motifs is 1. The smallest absolute Gasteiger partial charge is 0.178 e. The SMILES string of the molecule is Oc1c(Br)ccc(Cc2n[nH]c3nnccc23)c1F. The van der Waals surface area contributed by atoms with Crippen LogP contribution in [-0.4, -0.2) is 25.5 Å². The van der Waals surface area contributed by atoms with Gasteiger partial charge in [0.05, 0.1) is 16.4 Å². The summed E-state index contributed by atoms with van der Waals surface area (Å²) in [7, 11) is 0. The van der Waals surface area contributed by atoms with Gasteiger partial charge in [-0.25, -0.2) is 4.39 Å². The summed E-state index contributed by atoms with van der Waals surface area (Å²) in [5, 5.41) is 24.8. The fourth-order valence-electron chi connectivity index (χ4n) is 1.86. The molecule has 0 amide bonds. The summed E-state index contributed by atoms with van der Waals surface area (Å²) in [6.45, 7) is 0. The van der Waals surface area contributed by atoms with E-state index in [9.17, 15) is 9.50 Å². The van der Waals surface area contributed by atoms with Gasteiger partial charge in [0, 0.05) is 11.8 Å². The number of phenolic OH excluding ortho intramolecular Hbond substituents is 1. The van der Waals surface area contributed by atoms with Gasteiger partial charge in [-0.05, 0) is 33.6 Å². The lowest BCUT2D eigenvalue weighted by Crippen LogP contribution is -1.94. The third kappa shape index (κ3) is 2.06. The molecule has 0 aliphatic heterocycles. The number of hydrogen-bond donors (Lipinski definition) is 2. The van der Waals surface area contributed by atoms with Crippen molar-refractivity contribution in [3.8, 4) is 5.75 Å². The Labute approximate surface area is 115 Å². The van der Waals surface area contributed by atoms with Crippen molar-refractivity contribution in [3.63, 3.8) is 0 Å². The molecule has 0 fully saturated rings. The van der Waals surface area contributed by atoms with Crippen molar-refractivity contribution in [2.75, 3.05) is 0 Å². The largest absolute Gasteiger partial charge is 0.504 e. The zero-order valence-corrected chi connectivity index (χ0v) is 11.1.